The molecule has 1 saturated heterocycles. The number of hydrogen-bond acceptors (Lipinski definition) is 11. The third-order valence-electron chi connectivity index (χ3n) is 5.22. The minimum Gasteiger partial charge on any atom is -0.497 e. The van der Waals surface area contributed by atoms with E-state index in [1.165, 1.54) is 0 Å². The van der Waals surface area contributed by atoms with Gasteiger partial charge < -0.3 is 39.2 Å². The number of rotatable bonds is 9. The molecular weight excluding hydrogens is 440 g/mol. The van der Waals surface area contributed by atoms with Gasteiger partial charge in [-0.05, 0) is 24.3 Å². The average molecular weight is 469 g/mol. The Balaban J connectivity index is 1.72. The molecule has 1 aliphatic rings. The summed E-state index contributed by atoms with van der Waals surface area (Å²) in [6.45, 7) is 2.55. The Labute approximate surface area is 198 Å². The van der Waals surface area contributed by atoms with Crippen LogP contribution >= 0.6 is 0 Å². The van der Waals surface area contributed by atoms with Crippen LogP contribution in [0.1, 0.15) is 0 Å². The lowest BCUT2D eigenvalue weighted by Crippen LogP contribution is -2.37. The molecule has 180 valence electrons. The summed E-state index contributed by atoms with van der Waals surface area (Å²) in [6, 6.07) is 10.9. The zero-order chi connectivity index (χ0) is 23.9. The first kappa shape index (κ1) is 23.2. The summed E-state index contributed by atoms with van der Waals surface area (Å²) >= 11 is 0. The number of methoxy groups -OCH3 is 4. The standard InChI is InChI=1S/C23H28N6O5/c1-30-15-5-7-19(32-3)17(13-15)24-21-26-22(28-23(27-21)29-9-11-34-12-10-29)25-18-14-16(31-2)6-8-20(18)33-4/h5-8,13-14H,9-12H2,1-4H3,(H2,24,25,26,27,28). The van der Waals surface area contributed by atoms with Gasteiger partial charge in [0.25, 0.3) is 0 Å². The zero-order valence-electron chi connectivity index (χ0n) is 19.6. The van der Waals surface area contributed by atoms with Crippen LogP contribution < -0.4 is 34.5 Å². The van der Waals surface area contributed by atoms with Crippen molar-refractivity contribution >= 4 is 29.2 Å². The minimum absolute atomic E-state index is 0.340. The number of anilines is 5. The predicted molar refractivity (Wildman–Crippen MR) is 129 cm³/mol. The summed E-state index contributed by atoms with van der Waals surface area (Å²) in [7, 11) is 6.41. The van der Waals surface area contributed by atoms with Gasteiger partial charge in [-0.1, -0.05) is 0 Å². The fraction of sp³-hybridized carbons (Fsp3) is 0.348. The van der Waals surface area contributed by atoms with Crippen LogP contribution in [0.25, 0.3) is 0 Å². The topological polar surface area (TPSA) is 112 Å². The van der Waals surface area contributed by atoms with Crippen molar-refractivity contribution in [2.75, 3.05) is 70.3 Å². The largest absolute Gasteiger partial charge is 0.497 e. The smallest absolute Gasteiger partial charge is 0.233 e. The Kier molecular flexibility index (Phi) is 7.33. The van der Waals surface area contributed by atoms with Crippen molar-refractivity contribution < 1.29 is 23.7 Å². The van der Waals surface area contributed by atoms with E-state index in [2.05, 4.69) is 25.6 Å². The van der Waals surface area contributed by atoms with Crippen molar-refractivity contribution in [3.8, 4) is 23.0 Å². The lowest BCUT2D eigenvalue weighted by molar-refractivity contribution is 0.122. The molecule has 1 aromatic heterocycles. The van der Waals surface area contributed by atoms with Crippen molar-refractivity contribution in [3.05, 3.63) is 36.4 Å². The molecule has 2 aromatic carbocycles. The predicted octanol–water partition coefficient (Wildman–Crippen LogP) is 3.23. The van der Waals surface area contributed by atoms with Gasteiger partial charge >= 0.3 is 0 Å². The molecule has 0 saturated carbocycles. The lowest BCUT2D eigenvalue weighted by atomic mass is 10.2. The average Bonchev–Trinajstić information content (AvgIpc) is 2.89. The second-order valence-corrected chi connectivity index (χ2v) is 7.26. The minimum atomic E-state index is 0.340. The highest BCUT2D eigenvalue weighted by atomic mass is 16.5. The Morgan fingerprint density at radius 2 is 1.21 bits per heavy atom. The van der Waals surface area contributed by atoms with E-state index in [4.69, 9.17) is 23.7 Å². The molecule has 0 unspecified atom stereocenters. The number of morpholine rings is 1. The second-order valence-electron chi connectivity index (χ2n) is 7.26. The first-order valence-corrected chi connectivity index (χ1v) is 10.7. The van der Waals surface area contributed by atoms with Crippen LogP contribution in [-0.4, -0.2) is 69.7 Å². The molecule has 34 heavy (non-hydrogen) atoms. The molecule has 1 aliphatic heterocycles. The van der Waals surface area contributed by atoms with E-state index < -0.39 is 0 Å². The van der Waals surface area contributed by atoms with E-state index in [0.29, 0.717) is 78.5 Å². The fourth-order valence-electron chi connectivity index (χ4n) is 3.45. The van der Waals surface area contributed by atoms with Crippen LogP contribution in [0.3, 0.4) is 0 Å². The Morgan fingerprint density at radius 1 is 0.706 bits per heavy atom. The summed E-state index contributed by atoms with van der Waals surface area (Å²) in [5.74, 6) is 3.79. The molecule has 0 bridgehead atoms. The van der Waals surface area contributed by atoms with E-state index in [1.54, 1.807) is 28.4 Å². The summed E-state index contributed by atoms with van der Waals surface area (Å²) in [5, 5.41) is 6.47. The molecule has 1 fully saturated rings. The molecule has 11 heteroatoms. The maximum atomic E-state index is 5.48. The van der Waals surface area contributed by atoms with Crippen molar-refractivity contribution in [1.29, 1.82) is 0 Å². The number of nitrogens with zero attached hydrogens (tertiary/aromatic N) is 4. The van der Waals surface area contributed by atoms with Gasteiger partial charge in [0.1, 0.15) is 23.0 Å². The summed E-state index contributed by atoms with van der Waals surface area (Å²) < 4.78 is 27.1. The quantitative estimate of drug-likeness (QED) is 0.483. The van der Waals surface area contributed by atoms with Crippen LogP contribution in [-0.2, 0) is 4.74 Å². The van der Waals surface area contributed by atoms with Gasteiger partial charge in [0, 0.05) is 25.2 Å². The molecule has 4 rings (SSSR count). The number of ether oxygens (including phenoxy) is 5. The van der Waals surface area contributed by atoms with E-state index in [-0.39, 0.29) is 0 Å². The zero-order valence-corrected chi connectivity index (χ0v) is 19.6. The van der Waals surface area contributed by atoms with E-state index in [0.717, 1.165) is 0 Å². The molecular formula is C23H28N6O5. The van der Waals surface area contributed by atoms with E-state index in [9.17, 15) is 0 Å². The summed E-state index contributed by atoms with van der Waals surface area (Å²) in [5.41, 5.74) is 1.32. The van der Waals surface area contributed by atoms with Crippen LogP contribution in [0.4, 0.5) is 29.2 Å². The highest BCUT2D eigenvalue weighted by Gasteiger charge is 2.18. The van der Waals surface area contributed by atoms with E-state index >= 15 is 0 Å². The van der Waals surface area contributed by atoms with Gasteiger partial charge in [-0.3, -0.25) is 0 Å². The normalized spacial score (nSPS) is 13.2. The van der Waals surface area contributed by atoms with Crippen LogP contribution in [0.2, 0.25) is 0 Å². The summed E-state index contributed by atoms with van der Waals surface area (Å²) in [4.78, 5) is 15.9. The lowest BCUT2D eigenvalue weighted by Gasteiger charge is -2.27. The Hall–Kier alpha value is -3.99. The van der Waals surface area contributed by atoms with E-state index in [1.807, 2.05) is 41.3 Å². The molecule has 0 spiro atoms. The Bertz CT molecular complexity index is 1050. The highest BCUT2D eigenvalue weighted by Crippen LogP contribution is 2.33. The van der Waals surface area contributed by atoms with Crippen LogP contribution in [0.15, 0.2) is 36.4 Å². The van der Waals surface area contributed by atoms with Crippen molar-refractivity contribution in [3.63, 3.8) is 0 Å². The van der Waals surface area contributed by atoms with Crippen molar-refractivity contribution in [1.82, 2.24) is 15.0 Å². The van der Waals surface area contributed by atoms with Gasteiger partial charge in [0.2, 0.25) is 17.8 Å². The maximum Gasteiger partial charge on any atom is 0.233 e. The summed E-state index contributed by atoms with van der Waals surface area (Å²) in [6.07, 6.45) is 0. The Morgan fingerprint density at radius 3 is 1.65 bits per heavy atom. The maximum absolute atomic E-state index is 5.48. The molecule has 2 heterocycles. The molecule has 11 nitrogen and oxygen atoms in total. The molecule has 0 atom stereocenters. The highest BCUT2D eigenvalue weighted by molar-refractivity contribution is 5.68. The third kappa shape index (κ3) is 5.31. The number of benzene rings is 2. The second kappa shape index (κ2) is 10.8. The van der Waals surface area contributed by atoms with Gasteiger partial charge in [0.05, 0.1) is 53.0 Å². The number of hydrogen-bond donors (Lipinski definition) is 2. The van der Waals surface area contributed by atoms with Crippen LogP contribution in [0.5, 0.6) is 23.0 Å². The van der Waals surface area contributed by atoms with Gasteiger partial charge in [-0.2, -0.15) is 15.0 Å². The first-order valence-electron chi connectivity index (χ1n) is 10.7. The molecule has 3 aromatic rings. The first-order chi connectivity index (χ1) is 16.6. The SMILES string of the molecule is COc1ccc(OC)c(Nc2nc(Nc3cc(OC)ccc3OC)nc(N3CCOCC3)n2)c1. The third-order valence-corrected chi connectivity index (χ3v) is 5.22. The fourth-order valence-corrected chi connectivity index (χ4v) is 3.45. The molecule has 2 N–H and O–H groups in total. The number of aromatic nitrogens is 3. The molecule has 0 radical (unpaired) electrons. The van der Waals surface area contributed by atoms with Gasteiger partial charge in [0.15, 0.2) is 0 Å². The monoisotopic (exact) mass is 468 g/mol. The number of nitrogens with one attached hydrogen (secondary N) is 2. The molecule has 0 aliphatic carbocycles. The molecule has 0 amide bonds. The van der Waals surface area contributed by atoms with Gasteiger partial charge in [-0.15, -0.1) is 0 Å². The van der Waals surface area contributed by atoms with Gasteiger partial charge in [-0.25, -0.2) is 0 Å². The van der Waals surface area contributed by atoms with Crippen LogP contribution in [0, 0.1) is 0 Å². The van der Waals surface area contributed by atoms with Crippen molar-refractivity contribution in [2.24, 2.45) is 0 Å². The van der Waals surface area contributed by atoms with Crippen molar-refractivity contribution in [2.45, 2.75) is 0 Å².